The third-order valence-corrected chi connectivity index (χ3v) is 5.52. The molecule has 0 fully saturated rings. The van der Waals surface area contributed by atoms with Crippen molar-refractivity contribution >= 4 is 16.8 Å². The van der Waals surface area contributed by atoms with Crippen molar-refractivity contribution in [1.29, 1.82) is 0 Å². The van der Waals surface area contributed by atoms with E-state index in [4.69, 9.17) is 0 Å². The molecule has 0 aliphatic rings. The maximum atomic E-state index is 13.6. The molecule has 5 aromatic rings. The van der Waals surface area contributed by atoms with Crippen LogP contribution in [0.3, 0.4) is 0 Å². The summed E-state index contributed by atoms with van der Waals surface area (Å²) in [6.07, 6.45) is 5.15. The van der Waals surface area contributed by atoms with Crippen molar-refractivity contribution in [3.05, 3.63) is 120 Å². The lowest BCUT2D eigenvalue weighted by Crippen LogP contribution is -2.30. The van der Waals surface area contributed by atoms with Crippen LogP contribution in [-0.4, -0.2) is 25.8 Å². The fraction of sp³-hybridized carbons (Fsp3) is 0.0741. The highest BCUT2D eigenvalue weighted by Crippen LogP contribution is 2.26. The standard InChI is InChI=1S/C27H22N4O/c32-27(22-12-13-26-21(15-22)10-6-14-29-26)31(18-24-16-28-19-30-24)17-23-9-4-5-11-25(23)20-7-2-1-3-8-20/h1-16,19H,17-18H2,(H,28,30). The molecule has 0 saturated heterocycles. The molecule has 0 saturated carbocycles. The molecular weight excluding hydrogens is 396 g/mol. The summed E-state index contributed by atoms with van der Waals surface area (Å²) >= 11 is 0. The van der Waals surface area contributed by atoms with Crippen LogP contribution < -0.4 is 0 Å². The number of rotatable bonds is 6. The first-order valence-corrected chi connectivity index (χ1v) is 10.5. The van der Waals surface area contributed by atoms with Gasteiger partial charge in [0.05, 0.1) is 24.1 Å². The summed E-state index contributed by atoms with van der Waals surface area (Å²) < 4.78 is 0. The number of carbonyl (C=O) groups excluding carboxylic acids is 1. The van der Waals surface area contributed by atoms with E-state index in [1.807, 2.05) is 65.6 Å². The predicted octanol–water partition coefficient (Wildman–Crippen LogP) is 5.47. The Hall–Kier alpha value is -4.25. The van der Waals surface area contributed by atoms with Crippen LogP contribution in [0.25, 0.3) is 22.0 Å². The first-order valence-electron chi connectivity index (χ1n) is 10.5. The van der Waals surface area contributed by atoms with E-state index in [9.17, 15) is 4.79 Å². The molecule has 32 heavy (non-hydrogen) atoms. The number of benzene rings is 3. The molecule has 0 atom stereocenters. The van der Waals surface area contributed by atoms with E-state index >= 15 is 0 Å². The van der Waals surface area contributed by atoms with Gasteiger partial charge in [-0.05, 0) is 41.0 Å². The van der Waals surface area contributed by atoms with Crippen LogP contribution in [0.5, 0.6) is 0 Å². The number of hydrogen-bond acceptors (Lipinski definition) is 3. The van der Waals surface area contributed by atoms with Gasteiger partial charge in [-0.2, -0.15) is 0 Å². The molecule has 1 N–H and O–H groups in total. The SMILES string of the molecule is O=C(c1ccc2ncccc2c1)N(Cc1cnc[nH]1)Cc1ccccc1-c1ccccc1. The number of H-pyrrole nitrogens is 1. The third-order valence-electron chi connectivity index (χ3n) is 5.52. The predicted molar refractivity (Wildman–Crippen MR) is 126 cm³/mol. The minimum Gasteiger partial charge on any atom is -0.347 e. The van der Waals surface area contributed by atoms with Gasteiger partial charge in [0, 0.05) is 29.9 Å². The van der Waals surface area contributed by atoms with Gasteiger partial charge in [0.1, 0.15) is 0 Å². The monoisotopic (exact) mass is 418 g/mol. The van der Waals surface area contributed by atoms with Gasteiger partial charge in [-0.25, -0.2) is 4.98 Å². The molecule has 0 aliphatic carbocycles. The van der Waals surface area contributed by atoms with E-state index in [1.165, 1.54) is 0 Å². The zero-order valence-corrected chi connectivity index (χ0v) is 17.5. The second-order valence-corrected chi connectivity index (χ2v) is 7.67. The van der Waals surface area contributed by atoms with Gasteiger partial charge < -0.3 is 9.88 Å². The number of aromatic amines is 1. The summed E-state index contributed by atoms with van der Waals surface area (Å²) in [6, 6.07) is 28.0. The molecule has 156 valence electrons. The van der Waals surface area contributed by atoms with E-state index in [0.29, 0.717) is 18.7 Å². The fourth-order valence-corrected chi connectivity index (χ4v) is 3.93. The lowest BCUT2D eigenvalue weighted by atomic mass is 9.99. The van der Waals surface area contributed by atoms with E-state index in [-0.39, 0.29) is 5.91 Å². The number of amides is 1. The van der Waals surface area contributed by atoms with Gasteiger partial charge in [-0.3, -0.25) is 9.78 Å². The molecular formula is C27H22N4O. The van der Waals surface area contributed by atoms with Crippen molar-refractivity contribution in [2.24, 2.45) is 0 Å². The number of imidazole rings is 1. The number of fused-ring (bicyclic) bond motifs is 1. The number of carbonyl (C=O) groups is 1. The first-order chi connectivity index (χ1) is 15.8. The average molecular weight is 419 g/mol. The normalized spacial score (nSPS) is 10.9. The lowest BCUT2D eigenvalue weighted by molar-refractivity contribution is 0.0728. The Labute approximate surface area is 186 Å². The van der Waals surface area contributed by atoms with E-state index in [1.54, 1.807) is 18.7 Å². The minimum absolute atomic E-state index is 0.0341. The van der Waals surface area contributed by atoms with Gasteiger partial charge in [-0.15, -0.1) is 0 Å². The smallest absolute Gasteiger partial charge is 0.254 e. The van der Waals surface area contributed by atoms with Crippen LogP contribution in [0.1, 0.15) is 21.6 Å². The van der Waals surface area contributed by atoms with Crippen molar-refractivity contribution in [3.63, 3.8) is 0 Å². The summed E-state index contributed by atoms with van der Waals surface area (Å²) in [6.45, 7) is 0.918. The van der Waals surface area contributed by atoms with E-state index < -0.39 is 0 Å². The van der Waals surface area contributed by atoms with Crippen molar-refractivity contribution in [1.82, 2.24) is 19.9 Å². The molecule has 0 radical (unpaired) electrons. The summed E-state index contributed by atoms with van der Waals surface area (Å²) in [7, 11) is 0. The Morgan fingerprint density at radius 2 is 1.72 bits per heavy atom. The highest BCUT2D eigenvalue weighted by Gasteiger charge is 2.19. The molecule has 5 nitrogen and oxygen atoms in total. The molecule has 5 heteroatoms. The Kier molecular flexibility index (Phi) is 5.45. The number of aromatic nitrogens is 3. The molecule has 5 rings (SSSR count). The summed E-state index contributed by atoms with van der Waals surface area (Å²) in [5.41, 5.74) is 5.75. The minimum atomic E-state index is -0.0341. The third kappa shape index (κ3) is 4.14. The van der Waals surface area contributed by atoms with Gasteiger partial charge in [0.2, 0.25) is 0 Å². The topological polar surface area (TPSA) is 61.9 Å². The first kappa shape index (κ1) is 19.7. The lowest BCUT2D eigenvalue weighted by Gasteiger charge is -2.24. The number of nitrogens with zero attached hydrogens (tertiary/aromatic N) is 3. The summed E-state index contributed by atoms with van der Waals surface area (Å²) in [5, 5.41) is 0.949. The molecule has 0 aliphatic heterocycles. The zero-order valence-electron chi connectivity index (χ0n) is 17.5. The van der Waals surface area contributed by atoms with Crippen molar-refractivity contribution in [2.45, 2.75) is 13.1 Å². The Bertz CT molecular complexity index is 1350. The van der Waals surface area contributed by atoms with Gasteiger partial charge in [0.15, 0.2) is 0 Å². The van der Waals surface area contributed by atoms with Crippen LogP contribution in [0.4, 0.5) is 0 Å². The summed E-state index contributed by atoms with van der Waals surface area (Å²) in [5.74, 6) is -0.0341. The molecule has 3 aromatic carbocycles. The van der Waals surface area contributed by atoms with Crippen LogP contribution >= 0.6 is 0 Å². The maximum absolute atomic E-state index is 13.6. The van der Waals surface area contributed by atoms with Crippen LogP contribution in [0.15, 0.2) is 104 Å². The van der Waals surface area contributed by atoms with Crippen LogP contribution in [0, 0.1) is 0 Å². The zero-order chi connectivity index (χ0) is 21.8. The van der Waals surface area contributed by atoms with Crippen molar-refractivity contribution < 1.29 is 4.79 Å². The molecule has 0 bridgehead atoms. The van der Waals surface area contributed by atoms with Crippen LogP contribution in [0.2, 0.25) is 0 Å². The van der Waals surface area contributed by atoms with Crippen LogP contribution in [-0.2, 0) is 13.1 Å². The molecule has 0 spiro atoms. The largest absolute Gasteiger partial charge is 0.347 e. The Morgan fingerprint density at radius 3 is 2.56 bits per heavy atom. The number of pyridine rings is 1. The second kappa shape index (κ2) is 8.86. The highest BCUT2D eigenvalue weighted by atomic mass is 16.2. The molecule has 2 aromatic heterocycles. The maximum Gasteiger partial charge on any atom is 0.254 e. The Morgan fingerprint density at radius 1 is 0.875 bits per heavy atom. The Balaban J connectivity index is 1.51. The molecule has 1 amide bonds. The number of hydrogen-bond donors (Lipinski definition) is 1. The van der Waals surface area contributed by atoms with E-state index in [0.717, 1.165) is 33.3 Å². The quantitative estimate of drug-likeness (QED) is 0.398. The van der Waals surface area contributed by atoms with Crippen molar-refractivity contribution in [2.75, 3.05) is 0 Å². The average Bonchev–Trinajstić information content (AvgIpc) is 3.37. The highest BCUT2D eigenvalue weighted by molar-refractivity contribution is 5.98. The van der Waals surface area contributed by atoms with Gasteiger partial charge in [-0.1, -0.05) is 60.7 Å². The summed E-state index contributed by atoms with van der Waals surface area (Å²) in [4.78, 5) is 27.1. The molecule has 0 unspecified atom stereocenters. The van der Waals surface area contributed by atoms with Gasteiger partial charge in [0.25, 0.3) is 5.91 Å². The van der Waals surface area contributed by atoms with Crippen molar-refractivity contribution in [3.8, 4) is 11.1 Å². The second-order valence-electron chi connectivity index (χ2n) is 7.67. The van der Waals surface area contributed by atoms with E-state index in [2.05, 4.69) is 39.2 Å². The molecule has 2 heterocycles. The fourth-order valence-electron chi connectivity index (χ4n) is 3.93. The van der Waals surface area contributed by atoms with Gasteiger partial charge >= 0.3 is 0 Å². The number of nitrogens with one attached hydrogen (secondary N) is 1.